The molecule has 0 saturated heterocycles. The van der Waals surface area contributed by atoms with Crippen molar-refractivity contribution in [1.82, 2.24) is 9.97 Å². The van der Waals surface area contributed by atoms with Crippen molar-refractivity contribution in [2.24, 2.45) is 0 Å². The number of nitrogens with one attached hydrogen (secondary N) is 2. The second-order valence-electron chi connectivity index (χ2n) is 8.76. The quantitative estimate of drug-likeness (QED) is 0.230. The highest BCUT2D eigenvalue weighted by atomic mass is 14.7. The van der Waals surface area contributed by atoms with Crippen molar-refractivity contribution in [3.8, 4) is 0 Å². The molecule has 0 saturated carbocycles. The molecule has 2 nitrogen and oxygen atoms in total. The van der Waals surface area contributed by atoms with Crippen molar-refractivity contribution in [1.29, 1.82) is 0 Å². The summed E-state index contributed by atoms with van der Waals surface area (Å²) >= 11 is 0. The van der Waals surface area contributed by atoms with Crippen molar-refractivity contribution in [3.05, 3.63) is 121 Å². The molecule has 8 rings (SSSR count). The minimum Gasteiger partial charge on any atom is -0.354 e. The SMILES string of the molecule is C.c1ccc2c(c1)ccc1c3ccccc3[nH]c21.c1ccc2c(c1)ccc1c3ccccc3[nH]c21. The number of benzene rings is 6. The van der Waals surface area contributed by atoms with Crippen LogP contribution in [0.15, 0.2) is 121 Å². The molecule has 0 aliphatic carbocycles. The summed E-state index contributed by atoms with van der Waals surface area (Å²) in [7, 11) is 0. The number of aromatic nitrogens is 2. The first-order valence-corrected chi connectivity index (χ1v) is 11.6. The maximum atomic E-state index is 3.52. The molecule has 0 aliphatic rings. The average molecular weight is 451 g/mol. The Balaban J connectivity index is 0.000000127. The van der Waals surface area contributed by atoms with Gasteiger partial charge in [0.15, 0.2) is 0 Å². The zero-order valence-corrected chi connectivity index (χ0v) is 18.5. The van der Waals surface area contributed by atoms with Crippen molar-refractivity contribution in [2.45, 2.75) is 7.43 Å². The molecule has 0 spiro atoms. The van der Waals surface area contributed by atoms with Crippen LogP contribution >= 0.6 is 0 Å². The van der Waals surface area contributed by atoms with E-state index in [1.165, 1.54) is 65.2 Å². The van der Waals surface area contributed by atoms with Crippen molar-refractivity contribution >= 4 is 65.2 Å². The summed E-state index contributed by atoms with van der Waals surface area (Å²) in [6, 6.07) is 42.7. The number of para-hydroxylation sites is 2. The Labute approximate surface area is 203 Å². The first kappa shape index (κ1) is 21.0. The lowest BCUT2D eigenvalue weighted by Crippen LogP contribution is -1.74. The molecular formula is C33H26N2. The van der Waals surface area contributed by atoms with Gasteiger partial charge in [-0.05, 0) is 22.9 Å². The Kier molecular flexibility index (Phi) is 5.00. The van der Waals surface area contributed by atoms with Gasteiger partial charge in [0.05, 0.1) is 11.0 Å². The lowest BCUT2D eigenvalue weighted by Gasteiger charge is -1.98. The predicted octanol–water partition coefficient (Wildman–Crippen LogP) is 9.58. The molecule has 2 N–H and O–H groups in total. The number of aromatic amines is 2. The van der Waals surface area contributed by atoms with Gasteiger partial charge in [0.25, 0.3) is 0 Å². The highest BCUT2D eigenvalue weighted by molar-refractivity contribution is 6.17. The number of hydrogen-bond donors (Lipinski definition) is 2. The van der Waals surface area contributed by atoms with Crippen LogP contribution in [0.1, 0.15) is 7.43 Å². The molecule has 6 aromatic carbocycles. The van der Waals surface area contributed by atoms with Gasteiger partial charge in [-0.3, -0.25) is 0 Å². The van der Waals surface area contributed by atoms with Crippen LogP contribution in [0.2, 0.25) is 0 Å². The molecule has 0 radical (unpaired) electrons. The first-order chi connectivity index (χ1) is 16.9. The molecule has 168 valence electrons. The van der Waals surface area contributed by atoms with Gasteiger partial charge < -0.3 is 9.97 Å². The summed E-state index contributed by atoms with van der Waals surface area (Å²) in [5.74, 6) is 0. The fourth-order valence-corrected chi connectivity index (χ4v) is 5.18. The van der Waals surface area contributed by atoms with Gasteiger partial charge in [0, 0.05) is 43.4 Å². The van der Waals surface area contributed by atoms with E-state index < -0.39 is 0 Å². The molecular weight excluding hydrogens is 424 g/mol. The van der Waals surface area contributed by atoms with E-state index in [1.54, 1.807) is 0 Å². The topological polar surface area (TPSA) is 31.6 Å². The summed E-state index contributed by atoms with van der Waals surface area (Å²) in [6.45, 7) is 0. The van der Waals surface area contributed by atoms with Gasteiger partial charge in [-0.2, -0.15) is 0 Å². The highest BCUT2D eigenvalue weighted by Gasteiger charge is 2.07. The van der Waals surface area contributed by atoms with E-state index in [9.17, 15) is 0 Å². The lowest BCUT2D eigenvalue weighted by atomic mass is 10.1. The molecule has 0 unspecified atom stereocenters. The van der Waals surface area contributed by atoms with E-state index in [4.69, 9.17) is 0 Å². The van der Waals surface area contributed by atoms with E-state index in [0.29, 0.717) is 0 Å². The van der Waals surface area contributed by atoms with Crippen molar-refractivity contribution < 1.29 is 0 Å². The zero-order chi connectivity index (χ0) is 22.5. The van der Waals surface area contributed by atoms with E-state index >= 15 is 0 Å². The van der Waals surface area contributed by atoms with E-state index in [0.717, 1.165) is 0 Å². The Hall–Kier alpha value is -4.56. The van der Waals surface area contributed by atoms with E-state index in [1.807, 2.05) is 0 Å². The monoisotopic (exact) mass is 450 g/mol. The van der Waals surface area contributed by atoms with Gasteiger partial charge in [-0.15, -0.1) is 0 Å². The fraction of sp³-hybridized carbons (Fsp3) is 0.0303. The third-order valence-electron chi connectivity index (χ3n) is 6.81. The smallest absolute Gasteiger partial charge is 0.0544 e. The zero-order valence-electron chi connectivity index (χ0n) is 18.5. The number of rotatable bonds is 0. The van der Waals surface area contributed by atoms with Crippen LogP contribution in [0.4, 0.5) is 0 Å². The average Bonchev–Trinajstić information content (AvgIpc) is 3.48. The summed E-state index contributed by atoms with van der Waals surface area (Å²) in [5, 5.41) is 10.4. The van der Waals surface area contributed by atoms with Gasteiger partial charge in [-0.25, -0.2) is 0 Å². The van der Waals surface area contributed by atoms with Gasteiger partial charge in [-0.1, -0.05) is 117 Å². The molecule has 0 atom stereocenters. The molecule has 2 heterocycles. The van der Waals surface area contributed by atoms with Crippen LogP contribution < -0.4 is 0 Å². The fourth-order valence-electron chi connectivity index (χ4n) is 5.18. The number of H-pyrrole nitrogens is 2. The van der Waals surface area contributed by atoms with E-state index in [-0.39, 0.29) is 7.43 Å². The number of hydrogen-bond acceptors (Lipinski definition) is 0. The van der Waals surface area contributed by atoms with Gasteiger partial charge in [0.2, 0.25) is 0 Å². The van der Waals surface area contributed by atoms with Gasteiger partial charge in [0.1, 0.15) is 0 Å². The van der Waals surface area contributed by atoms with Crippen LogP contribution in [0.25, 0.3) is 65.2 Å². The summed E-state index contributed by atoms with van der Waals surface area (Å²) in [4.78, 5) is 7.04. The van der Waals surface area contributed by atoms with E-state index in [2.05, 4.69) is 131 Å². The highest BCUT2D eigenvalue weighted by Crippen LogP contribution is 2.32. The van der Waals surface area contributed by atoms with Crippen LogP contribution in [-0.2, 0) is 0 Å². The third-order valence-corrected chi connectivity index (χ3v) is 6.81. The van der Waals surface area contributed by atoms with Crippen LogP contribution in [0, 0.1) is 0 Å². The number of fused-ring (bicyclic) bond motifs is 10. The van der Waals surface area contributed by atoms with Crippen molar-refractivity contribution in [3.63, 3.8) is 0 Å². The normalized spacial score (nSPS) is 11.2. The first-order valence-electron chi connectivity index (χ1n) is 11.6. The minimum atomic E-state index is 0. The maximum absolute atomic E-state index is 3.52. The Morgan fingerprint density at radius 3 is 1.14 bits per heavy atom. The third kappa shape index (κ3) is 3.34. The Morgan fingerprint density at radius 2 is 0.686 bits per heavy atom. The molecule has 0 aliphatic heterocycles. The van der Waals surface area contributed by atoms with Gasteiger partial charge >= 0.3 is 0 Å². The van der Waals surface area contributed by atoms with Crippen LogP contribution in [0.5, 0.6) is 0 Å². The van der Waals surface area contributed by atoms with Crippen molar-refractivity contribution in [2.75, 3.05) is 0 Å². The van der Waals surface area contributed by atoms with Crippen LogP contribution in [-0.4, -0.2) is 9.97 Å². The van der Waals surface area contributed by atoms with Crippen LogP contribution in [0.3, 0.4) is 0 Å². The molecule has 2 heteroatoms. The molecule has 35 heavy (non-hydrogen) atoms. The second-order valence-corrected chi connectivity index (χ2v) is 8.76. The molecule has 0 bridgehead atoms. The standard InChI is InChI=1S/2C16H11N.CH4/c2*1-2-6-12-11(5-1)9-10-14-13-7-3-4-8-15(13)17-16(12)14;/h2*1-10,17H;1H4. The largest absolute Gasteiger partial charge is 0.354 e. The Morgan fingerprint density at radius 1 is 0.314 bits per heavy atom. The molecule has 0 amide bonds. The maximum Gasteiger partial charge on any atom is 0.0544 e. The minimum absolute atomic E-state index is 0. The molecule has 0 fully saturated rings. The summed E-state index contributed by atoms with van der Waals surface area (Å²) in [6.07, 6.45) is 0. The Bertz CT molecular complexity index is 1820. The predicted molar refractivity (Wildman–Crippen MR) is 153 cm³/mol. The summed E-state index contributed by atoms with van der Waals surface area (Å²) < 4.78 is 0. The second kappa shape index (κ2) is 8.34. The lowest BCUT2D eigenvalue weighted by molar-refractivity contribution is 1.56. The summed E-state index contributed by atoms with van der Waals surface area (Å²) in [5.41, 5.74) is 4.89. The molecule has 8 aromatic rings. The molecule has 2 aromatic heterocycles.